The zero-order chi connectivity index (χ0) is 36.4. The van der Waals surface area contributed by atoms with Crippen molar-refractivity contribution in [3.05, 3.63) is 120 Å². The van der Waals surface area contributed by atoms with Crippen molar-refractivity contribution < 1.29 is 56.4 Å². The number of ether oxygens (including phenoxy) is 2. The van der Waals surface area contributed by atoms with Crippen molar-refractivity contribution >= 4 is 15.8 Å². The van der Waals surface area contributed by atoms with Gasteiger partial charge in [0.15, 0.2) is 6.29 Å². The van der Waals surface area contributed by atoms with Gasteiger partial charge in [0.2, 0.25) is 0 Å². The van der Waals surface area contributed by atoms with Gasteiger partial charge < -0.3 is 44.1 Å². The van der Waals surface area contributed by atoms with E-state index in [1.165, 1.54) is 55.6 Å². The van der Waals surface area contributed by atoms with Gasteiger partial charge in [0.1, 0.15) is 53.8 Å². The number of benzene rings is 4. The summed E-state index contributed by atoms with van der Waals surface area (Å²) in [6.07, 6.45) is -8.63. The maximum Gasteiger partial charge on any atom is 0.311 e. The minimum atomic E-state index is -4.31. The average molecular weight is 728 g/mol. The molecular formula is C37H39F2NO10S. The number of hydrogen-bond acceptors (Lipinski definition) is 11. The van der Waals surface area contributed by atoms with Gasteiger partial charge in [0.25, 0.3) is 0 Å². The molecule has 11 nitrogen and oxygen atoms in total. The third-order valence-corrected chi connectivity index (χ3v) is 10.6. The van der Waals surface area contributed by atoms with Crippen LogP contribution in [0.3, 0.4) is 0 Å². The number of methoxy groups -OCH3 is 1. The van der Waals surface area contributed by atoms with Gasteiger partial charge in [0.05, 0.1) is 12.1 Å². The van der Waals surface area contributed by atoms with E-state index in [9.17, 15) is 42.7 Å². The second kappa shape index (κ2) is 15.3. The summed E-state index contributed by atoms with van der Waals surface area (Å²) in [6, 6.07) is 25.1. The first-order valence-corrected chi connectivity index (χ1v) is 17.9. The SMILES string of the molecule is COC1OC(CS(=O)(=O)Oc2ccc(-c3ccc(C4C(CCC(O)c5ccc(F)cc5)[C@H](O)N4c4ccc(F)cc4)cc3)cc2)C(O)C(O)C1O. The summed E-state index contributed by atoms with van der Waals surface area (Å²) < 4.78 is 68.1. The highest BCUT2D eigenvalue weighted by Gasteiger charge is 2.48. The molecule has 0 aliphatic carbocycles. The molecule has 2 aliphatic heterocycles. The Morgan fingerprint density at radius 2 is 1.35 bits per heavy atom. The van der Waals surface area contributed by atoms with E-state index < -0.39 is 70.5 Å². The minimum Gasteiger partial charge on any atom is -0.388 e. The molecule has 272 valence electrons. The van der Waals surface area contributed by atoms with E-state index in [0.29, 0.717) is 24.1 Å². The number of anilines is 1. The Morgan fingerprint density at radius 1 is 0.784 bits per heavy atom. The number of aliphatic hydroxyl groups is 5. The van der Waals surface area contributed by atoms with E-state index in [1.54, 1.807) is 29.2 Å². The molecule has 2 aliphatic rings. The van der Waals surface area contributed by atoms with Crippen LogP contribution in [0.5, 0.6) is 5.75 Å². The molecule has 0 bridgehead atoms. The fourth-order valence-corrected chi connectivity index (χ4v) is 7.84. The lowest BCUT2D eigenvalue weighted by Gasteiger charge is -2.54. The van der Waals surface area contributed by atoms with E-state index >= 15 is 0 Å². The summed E-state index contributed by atoms with van der Waals surface area (Å²) in [5, 5.41) is 52.2. The fourth-order valence-electron chi connectivity index (χ4n) is 6.69. The molecule has 14 heteroatoms. The van der Waals surface area contributed by atoms with Crippen molar-refractivity contribution in [2.24, 2.45) is 5.92 Å². The molecule has 5 N–H and O–H groups in total. The van der Waals surface area contributed by atoms with Crippen LogP contribution in [-0.2, 0) is 19.6 Å². The molecule has 51 heavy (non-hydrogen) atoms. The monoisotopic (exact) mass is 727 g/mol. The summed E-state index contributed by atoms with van der Waals surface area (Å²) in [7, 11) is -3.10. The number of aliphatic hydroxyl groups excluding tert-OH is 5. The second-order valence-electron chi connectivity index (χ2n) is 12.8. The van der Waals surface area contributed by atoms with Crippen molar-refractivity contribution in [1.82, 2.24) is 0 Å². The Hall–Kier alpha value is -3.99. The van der Waals surface area contributed by atoms with Crippen LogP contribution < -0.4 is 9.08 Å². The van der Waals surface area contributed by atoms with Crippen LogP contribution in [0.4, 0.5) is 14.5 Å². The van der Waals surface area contributed by atoms with Crippen molar-refractivity contribution in [2.75, 3.05) is 17.8 Å². The molecule has 0 aromatic heterocycles. The molecule has 0 radical (unpaired) electrons. The first kappa shape index (κ1) is 36.8. The zero-order valence-electron chi connectivity index (χ0n) is 27.4. The van der Waals surface area contributed by atoms with Crippen LogP contribution in [0.15, 0.2) is 97.1 Å². The number of rotatable bonds is 12. The predicted molar refractivity (Wildman–Crippen MR) is 182 cm³/mol. The number of hydrogen-bond donors (Lipinski definition) is 5. The van der Waals surface area contributed by atoms with Crippen LogP contribution >= 0.6 is 0 Å². The molecule has 2 fully saturated rings. The van der Waals surface area contributed by atoms with Crippen LogP contribution in [-0.4, -0.2) is 83.7 Å². The molecule has 6 rings (SSSR count). The first-order valence-electron chi connectivity index (χ1n) is 16.4. The maximum absolute atomic E-state index is 13.7. The largest absolute Gasteiger partial charge is 0.388 e. The molecule has 0 amide bonds. The van der Waals surface area contributed by atoms with Crippen molar-refractivity contribution in [1.29, 1.82) is 0 Å². The lowest BCUT2D eigenvalue weighted by molar-refractivity contribution is -0.285. The lowest BCUT2D eigenvalue weighted by atomic mass is 9.77. The van der Waals surface area contributed by atoms with Crippen LogP contribution in [0.25, 0.3) is 11.1 Å². The highest BCUT2D eigenvalue weighted by molar-refractivity contribution is 7.87. The summed E-state index contributed by atoms with van der Waals surface area (Å²) in [6.45, 7) is 0. The predicted octanol–water partition coefficient (Wildman–Crippen LogP) is 3.80. The van der Waals surface area contributed by atoms with Gasteiger partial charge >= 0.3 is 10.1 Å². The highest BCUT2D eigenvalue weighted by Crippen LogP contribution is 2.49. The summed E-state index contributed by atoms with van der Waals surface area (Å²) in [5.74, 6) is -1.88. The molecule has 0 saturated carbocycles. The topological polar surface area (TPSA) is 166 Å². The Labute approximate surface area is 294 Å². The van der Waals surface area contributed by atoms with E-state index in [-0.39, 0.29) is 17.7 Å². The molecule has 2 heterocycles. The van der Waals surface area contributed by atoms with Gasteiger partial charge in [-0.1, -0.05) is 48.5 Å². The molecule has 9 atom stereocenters. The Bertz CT molecular complexity index is 1860. The Balaban J connectivity index is 1.14. The second-order valence-corrected chi connectivity index (χ2v) is 14.4. The molecule has 4 aromatic carbocycles. The fraction of sp³-hybridized carbons (Fsp3) is 0.351. The van der Waals surface area contributed by atoms with Crippen LogP contribution in [0.2, 0.25) is 0 Å². The van der Waals surface area contributed by atoms with Gasteiger partial charge in [-0.25, -0.2) is 8.78 Å². The van der Waals surface area contributed by atoms with Crippen LogP contribution in [0, 0.1) is 17.6 Å². The van der Waals surface area contributed by atoms with Gasteiger partial charge in [-0.2, -0.15) is 8.42 Å². The third kappa shape index (κ3) is 8.08. The number of halogens is 2. The first-order chi connectivity index (χ1) is 24.3. The van der Waals surface area contributed by atoms with E-state index in [4.69, 9.17) is 13.7 Å². The average Bonchev–Trinajstić information content (AvgIpc) is 3.12. The van der Waals surface area contributed by atoms with Crippen molar-refractivity contribution in [3.63, 3.8) is 0 Å². The van der Waals surface area contributed by atoms with Gasteiger partial charge in [-0.05, 0) is 83.6 Å². The number of nitrogens with zero attached hydrogens (tertiary/aromatic N) is 1. The molecule has 8 unspecified atom stereocenters. The van der Waals surface area contributed by atoms with Crippen molar-refractivity contribution in [3.8, 4) is 16.9 Å². The standard InChI is InChI=1S/C37H39F2NO10S/c1-48-37-35(44)34(43)33(42)31(49-37)20-51(46,47)50-28-16-8-22(9-17-28)21-2-4-24(5-3-21)32-29(18-19-30(41)23-6-10-25(38)11-7-23)36(45)40(32)27-14-12-26(39)13-15-27/h2-17,29-37,41-45H,18-20H2,1H3/t29?,30?,31?,32?,33?,34?,35?,36-,37?/m0/s1. The van der Waals surface area contributed by atoms with E-state index in [0.717, 1.165) is 16.7 Å². The minimum absolute atomic E-state index is 0.00797. The molecule has 2 saturated heterocycles. The van der Waals surface area contributed by atoms with E-state index in [1.807, 2.05) is 24.3 Å². The summed E-state index contributed by atoms with van der Waals surface area (Å²) in [4.78, 5) is 1.80. The highest BCUT2D eigenvalue weighted by atomic mass is 32.2. The molecule has 4 aromatic rings. The quantitative estimate of drug-likeness (QED) is 0.135. The lowest BCUT2D eigenvalue weighted by Crippen LogP contribution is -2.59. The summed E-state index contributed by atoms with van der Waals surface area (Å²) in [5.41, 5.74) is 3.65. The van der Waals surface area contributed by atoms with Crippen molar-refractivity contribution in [2.45, 2.75) is 61.9 Å². The zero-order valence-corrected chi connectivity index (χ0v) is 28.3. The molecule has 0 spiro atoms. The van der Waals surface area contributed by atoms with Crippen LogP contribution in [0.1, 0.15) is 36.1 Å². The maximum atomic E-state index is 13.7. The molecular weight excluding hydrogens is 688 g/mol. The van der Waals surface area contributed by atoms with Gasteiger partial charge in [-0.3, -0.25) is 0 Å². The van der Waals surface area contributed by atoms with E-state index in [2.05, 4.69) is 0 Å². The normalized spacial score (nSPS) is 27.1. The Morgan fingerprint density at radius 3 is 1.94 bits per heavy atom. The third-order valence-electron chi connectivity index (χ3n) is 9.46. The Kier molecular flexibility index (Phi) is 11.0. The summed E-state index contributed by atoms with van der Waals surface area (Å²) >= 11 is 0. The van der Waals surface area contributed by atoms with Gasteiger partial charge in [0, 0.05) is 18.7 Å². The van der Waals surface area contributed by atoms with Gasteiger partial charge in [-0.15, -0.1) is 0 Å². The smallest absolute Gasteiger partial charge is 0.311 e.